The van der Waals surface area contributed by atoms with E-state index in [4.69, 9.17) is 11.6 Å². The van der Waals surface area contributed by atoms with Crippen molar-refractivity contribution in [1.82, 2.24) is 10.3 Å². The van der Waals surface area contributed by atoms with E-state index < -0.39 is 6.10 Å². The lowest BCUT2D eigenvalue weighted by molar-refractivity contribution is 0.174. The summed E-state index contributed by atoms with van der Waals surface area (Å²) in [6.07, 6.45) is 2.91. The first-order valence-corrected chi connectivity index (χ1v) is 6.17. The summed E-state index contributed by atoms with van der Waals surface area (Å²) >= 11 is 6.02. The minimum Gasteiger partial charge on any atom is -0.387 e. The maximum atomic E-state index is 10.0. The molecular formula is C14H15ClN2O. The predicted molar refractivity (Wildman–Crippen MR) is 72.4 cm³/mol. The quantitative estimate of drug-likeness (QED) is 0.871. The molecule has 2 aromatic rings. The standard InChI is InChI=1S/C14H15ClN2O/c15-13-4-2-1-3-12(13)14(18)10-17-9-11-5-7-16-8-6-11/h1-8,14,17-18H,9-10H2. The Hall–Kier alpha value is -1.42. The Labute approximate surface area is 111 Å². The number of nitrogens with zero attached hydrogens (tertiary/aromatic N) is 1. The van der Waals surface area contributed by atoms with Crippen LogP contribution < -0.4 is 5.32 Å². The molecule has 0 saturated carbocycles. The Morgan fingerprint density at radius 3 is 2.61 bits per heavy atom. The Morgan fingerprint density at radius 1 is 1.17 bits per heavy atom. The number of benzene rings is 1. The van der Waals surface area contributed by atoms with E-state index in [1.807, 2.05) is 30.3 Å². The van der Waals surface area contributed by atoms with E-state index in [1.54, 1.807) is 18.5 Å². The van der Waals surface area contributed by atoms with Crippen LogP contribution in [0.25, 0.3) is 0 Å². The van der Waals surface area contributed by atoms with E-state index in [2.05, 4.69) is 10.3 Å². The number of hydrogen-bond acceptors (Lipinski definition) is 3. The lowest BCUT2D eigenvalue weighted by Gasteiger charge is -2.13. The summed E-state index contributed by atoms with van der Waals surface area (Å²) in [4.78, 5) is 3.95. The Balaban J connectivity index is 1.86. The average Bonchev–Trinajstić information content (AvgIpc) is 2.40. The molecule has 0 amide bonds. The van der Waals surface area contributed by atoms with Gasteiger partial charge in [-0.15, -0.1) is 0 Å². The van der Waals surface area contributed by atoms with Gasteiger partial charge in [-0.2, -0.15) is 0 Å². The molecule has 18 heavy (non-hydrogen) atoms. The van der Waals surface area contributed by atoms with Crippen molar-refractivity contribution >= 4 is 11.6 Å². The molecule has 1 aromatic heterocycles. The van der Waals surface area contributed by atoms with Crippen LogP contribution in [0.3, 0.4) is 0 Å². The van der Waals surface area contributed by atoms with E-state index in [0.717, 1.165) is 11.1 Å². The zero-order valence-electron chi connectivity index (χ0n) is 9.88. The molecule has 2 N–H and O–H groups in total. The predicted octanol–water partition coefficient (Wildman–Crippen LogP) is 2.56. The Morgan fingerprint density at radius 2 is 1.89 bits per heavy atom. The van der Waals surface area contributed by atoms with Crippen LogP contribution in [0.15, 0.2) is 48.8 Å². The van der Waals surface area contributed by atoms with Gasteiger partial charge in [-0.1, -0.05) is 29.8 Å². The zero-order valence-corrected chi connectivity index (χ0v) is 10.6. The van der Waals surface area contributed by atoms with Gasteiger partial charge in [0.15, 0.2) is 0 Å². The third-order valence-electron chi connectivity index (χ3n) is 2.68. The zero-order chi connectivity index (χ0) is 12.8. The SMILES string of the molecule is OC(CNCc1ccncc1)c1ccccc1Cl. The van der Waals surface area contributed by atoms with Gasteiger partial charge in [0.2, 0.25) is 0 Å². The van der Waals surface area contributed by atoms with Gasteiger partial charge in [-0.3, -0.25) is 4.98 Å². The highest BCUT2D eigenvalue weighted by molar-refractivity contribution is 6.31. The van der Waals surface area contributed by atoms with Gasteiger partial charge in [0, 0.05) is 36.1 Å². The molecule has 0 aliphatic heterocycles. The van der Waals surface area contributed by atoms with E-state index in [0.29, 0.717) is 18.1 Å². The maximum Gasteiger partial charge on any atom is 0.0928 e. The summed E-state index contributed by atoms with van der Waals surface area (Å²) in [5.74, 6) is 0. The van der Waals surface area contributed by atoms with Crippen molar-refractivity contribution in [2.45, 2.75) is 12.6 Å². The van der Waals surface area contributed by atoms with E-state index in [1.165, 1.54) is 0 Å². The molecule has 0 aliphatic rings. The molecule has 1 aromatic carbocycles. The summed E-state index contributed by atoms with van der Waals surface area (Å²) < 4.78 is 0. The molecule has 4 heteroatoms. The third-order valence-corrected chi connectivity index (χ3v) is 3.02. The van der Waals surface area contributed by atoms with Gasteiger partial charge >= 0.3 is 0 Å². The topological polar surface area (TPSA) is 45.1 Å². The Kier molecular flexibility index (Phi) is 4.70. The largest absolute Gasteiger partial charge is 0.387 e. The second-order valence-electron chi connectivity index (χ2n) is 4.02. The van der Waals surface area contributed by atoms with E-state index in [9.17, 15) is 5.11 Å². The smallest absolute Gasteiger partial charge is 0.0928 e. The van der Waals surface area contributed by atoms with Crippen molar-refractivity contribution in [3.63, 3.8) is 0 Å². The minimum absolute atomic E-state index is 0.464. The number of pyridine rings is 1. The highest BCUT2D eigenvalue weighted by Gasteiger charge is 2.09. The molecule has 1 unspecified atom stereocenters. The molecule has 94 valence electrons. The lowest BCUT2D eigenvalue weighted by Crippen LogP contribution is -2.21. The van der Waals surface area contributed by atoms with Gasteiger partial charge in [0.1, 0.15) is 0 Å². The van der Waals surface area contributed by atoms with Gasteiger partial charge < -0.3 is 10.4 Å². The summed E-state index contributed by atoms with van der Waals surface area (Å²) in [6, 6.07) is 11.2. The van der Waals surface area contributed by atoms with Gasteiger partial charge in [-0.05, 0) is 23.8 Å². The van der Waals surface area contributed by atoms with Crippen LogP contribution in [0.1, 0.15) is 17.2 Å². The number of aromatic nitrogens is 1. The third kappa shape index (κ3) is 3.53. The van der Waals surface area contributed by atoms with Crippen LogP contribution in [0.4, 0.5) is 0 Å². The number of halogens is 1. The van der Waals surface area contributed by atoms with Crippen molar-refractivity contribution in [3.8, 4) is 0 Å². The molecule has 2 rings (SSSR count). The monoisotopic (exact) mass is 262 g/mol. The van der Waals surface area contributed by atoms with Crippen molar-refractivity contribution in [2.75, 3.05) is 6.54 Å². The number of rotatable bonds is 5. The molecule has 3 nitrogen and oxygen atoms in total. The first-order valence-electron chi connectivity index (χ1n) is 5.79. The van der Waals surface area contributed by atoms with Crippen molar-refractivity contribution < 1.29 is 5.11 Å². The van der Waals surface area contributed by atoms with Crippen LogP contribution in [0.5, 0.6) is 0 Å². The summed E-state index contributed by atoms with van der Waals surface area (Å²) in [5, 5.41) is 13.8. The van der Waals surface area contributed by atoms with Gasteiger partial charge in [0.25, 0.3) is 0 Å². The summed E-state index contributed by atoms with van der Waals surface area (Å²) in [5.41, 5.74) is 1.89. The van der Waals surface area contributed by atoms with Crippen LogP contribution >= 0.6 is 11.6 Å². The second kappa shape index (κ2) is 6.50. The second-order valence-corrected chi connectivity index (χ2v) is 4.43. The van der Waals surface area contributed by atoms with Crippen molar-refractivity contribution in [3.05, 3.63) is 64.9 Å². The van der Waals surface area contributed by atoms with E-state index >= 15 is 0 Å². The van der Waals surface area contributed by atoms with Gasteiger partial charge in [0.05, 0.1) is 6.10 Å². The first-order chi connectivity index (χ1) is 8.77. The molecule has 0 fully saturated rings. The number of aliphatic hydroxyl groups is 1. The van der Waals surface area contributed by atoms with Crippen LogP contribution in [-0.2, 0) is 6.54 Å². The lowest BCUT2D eigenvalue weighted by atomic mass is 10.1. The van der Waals surface area contributed by atoms with Crippen LogP contribution in [0.2, 0.25) is 5.02 Å². The van der Waals surface area contributed by atoms with Gasteiger partial charge in [-0.25, -0.2) is 0 Å². The summed E-state index contributed by atoms with van der Waals surface area (Å²) in [6.45, 7) is 1.16. The number of hydrogen-bond donors (Lipinski definition) is 2. The van der Waals surface area contributed by atoms with Crippen LogP contribution in [0, 0.1) is 0 Å². The highest BCUT2D eigenvalue weighted by Crippen LogP contribution is 2.21. The molecule has 0 aliphatic carbocycles. The fourth-order valence-corrected chi connectivity index (χ4v) is 1.97. The number of aliphatic hydroxyl groups excluding tert-OH is 1. The fraction of sp³-hybridized carbons (Fsp3) is 0.214. The molecule has 1 atom stereocenters. The van der Waals surface area contributed by atoms with Crippen molar-refractivity contribution in [1.29, 1.82) is 0 Å². The average molecular weight is 263 g/mol. The maximum absolute atomic E-state index is 10.0. The summed E-state index contributed by atoms with van der Waals surface area (Å²) in [7, 11) is 0. The van der Waals surface area contributed by atoms with Crippen LogP contribution in [-0.4, -0.2) is 16.6 Å². The minimum atomic E-state index is -0.597. The van der Waals surface area contributed by atoms with E-state index in [-0.39, 0.29) is 0 Å². The molecule has 0 spiro atoms. The number of nitrogens with one attached hydrogen (secondary N) is 1. The molecular weight excluding hydrogens is 248 g/mol. The fourth-order valence-electron chi connectivity index (χ4n) is 1.71. The Bertz CT molecular complexity index is 490. The molecule has 0 bridgehead atoms. The van der Waals surface area contributed by atoms with Crippen molar-refractivity contribution in [2.24, 2.45) is 0 Å². The highest BCUT2D eigenvalue weighted by atomic mass is 35.5. The molecule has 1 heterocycles. The molecule has 0 radical (unpaired) electrons. The first kappa shape index (κ1) is 13.0. The molecule has 0 saturated heterocycles. The normalized spacial score (nSPS) is 12.3.